The van der Waals surface area contributed by atoms with Gasteiger partial charge in [-0.05, 0) is 61.2 Å². The van der Waals surface area contributed by atoms with Gasteiger partial charge in [0.05, 0.1) is 30.6 Å². The molecule has 0 radical (unpaired) electrons. The Kier molecular flexibility index (Phi) is 6.47. The lowest BCUT2D eigenvalue weighted by Crippen LogP contribution is -2.15. The Morgan fingerprint density at radius 1 is 1.18 bits per heavy atom. The largest absolute Gasteiger partial charge is 0.462 e. The number of rotatable bonds is 8. The summed E-state index contributed by atoms with van der Waals surface area (Å²) in [6.45, 7) is 6.72. The zero-order valence-corrected chi connectivity index (χ0v) is 16.6. The quantitative estimate of drug-likeness (QED) is 0.474. The number of hydrogen-bond acceptors (Lipinski definition) is 3. The average molecular weight is 383 g/mol. The van der Waals surface area contributed by atoms with Gasteiger partial charge >= 0.3 is 5.97 Å². The van der Waals surface area contributed by atoms with E-state index in [1.54, 1.807) is 12.1 Å². The van der Waals surface area contributed by atoms with Gasteiger partial charge in [0, 0.05) is 11.7 Å². The third-order valence-corrected chi connectivity index (χ3v) is 4.82. The number of carbonyl (C=O) groups is 1. The molecule has 5 heteroatoms. The van der Waals surface area contributed by atoms with Crippen molar-refractivity contribution in [2.75, 3.05) is 6.61 Å². The summed E-state index contributed by atoms with van der Waals surface area (Å²) in [6.07, 6.45) is 3.29. The molecule has 0 saturated heterocycles. The SMILES string of the molecule is CCCOC(=O)c1cc2cccn2c(C(CC)OCc2ccc(F)cc2)c1C. The van der Waals surface area contributed by atoms with E-state index >= 15 is 0 Å². The van der Waals surface area contributed by atoms with Crippen molar-refractivity contribution in [3.8, 4) is 0 Å². The number of hydrogen-bond donors (Lipinski definition) is 0. The number of benzene rings is 1. The zero-order valence-electron chi connectivity index (χ0n) is 16.6. The van der Waals surface area contributed by atoms with Crippen LogP contribution in [0.3, 0.4) is 0 Å². The van der Waals surface area contributed by atoms with Crippen molar-refractivity contribution in [1.82, 2.24) is 4.40 Å². The molecule has 0 aliphatic rings. The highest BCUT2D eigenvalue weighted by atomic mass is 19.1. The van der Waals surface area contributed by atoms with E-state index in [1.165, 1.54) is 12.1 Å². The van der Waals surface area contributed by atoms with E-state index in [0.717, 1.165) is 35.2 Å². The van der Waals surface area contributed by atoms with E-state index in [9.17, 15) is 9.18 Å². The van der Waals surface area contributed by atoms with Crippen molar-refractivity contribution in [2.45, 2.75) is 46.3 Å². The van der Waals surface area contributed by atoms with Gasteiger partial charge in [-0.3, -0.25) is 0 Å². The molecule has 1 unspecified atom stereocenters. The molecule has 0 fully saturated rings. The molecule has 1 aromatic carbocycles. The fraction of sp³-hybridized carbons (Fsp3) is 0.348. The molecule has 0 spiro atoms. The van der Waals surface area contributed by atoms with Gasteiger partial charge in [0.15, 0.2) is 0 Å². The summed E-state index contributed by atoms with van der Waals surface area (Å²) in [5, 5.41) is 0. The number of esters is 1. The maximum absolute atomic E-state index is 13.1. The number of carbonyl (C=O) groups excluding carboxylic acids is 1. The predicted molar refractivity (Wildman–Crippen MR) is 107 cm³/mol. The molecule has 148 valence electrons. The summed E-state index contributed by atoms with van der Waals surface area (Å²) in [4.78, 5) is 12.6. The second-order valence-electron chi connectivity index (χ2n) is 6.84. The van der Waals surface area contributed by atoms with E-state index in [4.69, 9.17) is 9.47 Å². The molecule has 3 aromatic rings. The first-order valence-electron chi connectivity index (χ1n) is 9.68. The van der Waals surface area contributed by atoms with Gasteiger partial charge in [-0.25, -0.2) is 9.18 Å². The lowest BCUT2D eigenvalue weighted by atomic mass is 10.0. The Balaban J connectivity index is 1.94. The molecule has 0 bridgehead atoms. The smallest absolute Gasteiger partial charge is 0.338 e. The van der Waals surface area contributed by atoms with Gasteiger partial charge in [0.1, 0.15) is 5.82 Å². The Morgan fingerprint density at radius 2 is 1.93 bits per heavy atom. The Hall–Kier alpha value is -2.66. The van der Waals surface area contributed by atoms with Gasteiger partial charge in [-0.15, -0.1) is 0 Å². The highest BCUT2D eigenvalue weighted by Crippen LogP contribution is 2.30. The zero-order chi connectivity index (χ0) is 20.1. The first-order chi connectivity index (χ1) is 13.5. The number of ether oxygens (including phenoxy) is 2. The summed E-state index contributed by atoms with van der Waals surface area (Å²) in [6, 6.07) is 12.1. The molecule has 28 heavy (non-hydrogen) atoms. The van der Waals surface area contributed by atoms with E-state index in [-0.39, 0.29) is 17.9 Å². The fourth-order valence-electron chi connectivity index (χ4n) is 3.35. The summed E-state index contributed by atoms with van der Waals surface area (Å²) in [5.41, 5.74) is 4.19. The summed E-state index contributed by atoms with van der Waals surface area (Å²) in [7, 11) is 0. The van der Waals surface area contributed by atoms with Gasteiger partial charge in [0.25, 0.3) is 0 Å². The Bertz CT molecular complexity index is 946. The van der Waals surface area contributed by atoms with Crippen LogP contribution in [0.4, 0.5) is 4.39 Å². The van der Waals surface area contributed by atoms with Crippen LogP contribution >= 0.6 is 0 Å². The predicted octanol–water partition coefficient (Wildman–Crippen LogP) is 5.62. The minimum Gasteiger partial charge on any atom is -0.462 e. The molecular weight excluding hydrogens is 357 g/mol. The van der Waals surface area contributed by atoms with Crippen LogP contribution < -0.4 is 0 Å². The number of pyridine rings is 1. The van der Waals surface area contributed by atoms with Crippen LogP contribution in [0.25, 0.3) is 5.52 Å². The van der Waals surface area contributed by atoms with E-state index in [1.807, 2.05) is 45.2 Å². The molecule has 0 saturated carbocycles. The third kappa shape index (κ3) is 4.25. The fourth-order valence-corrected chi connectivity index (χ4v) is 3.35. The number of nitrogens with zero attached hydrogens (tertiary/aromatic N) is 1. The van der Waals surface area contributed by atoms with Crippen LogP contribution in [0.5, 0.6) is 0 Å². The molecule has 1 atom stereocenters. The first-order valence-corrected chi connectivity index (χ1v) is 9.68. The summed E-state index contributed by atoms with van der Waals surface area (Å²) >= 11 is 0. The Labute approximate surface area is 164 Å². The van der Waals surface area contributed by atoms with Crippen LogP contribution in [-0.2, 0) is 16.1 Å². The van der Waals surface area contributed by atoms with Gasteiger partial charge < -0.3 is 13.9 Å². The third-order valence-electron chi connectivity index (χ3n) is 4.82. The molecule has 2 aromatic heterocycles. The van der Waals surface area contributed by atoms with Crippen LogP contribution in [0.15, 0.2) is 48.7 Å². The van der Waals surface area contributed by atoms with Crippen LogP contribution in [0.1, 0.15) is 60.0 Å². The van der Waals surface area contributed by atoms with Crippen molar-refractivity contribution in [3.05, 3.63) is 76.9 Å². The van der Waals surface area contributed by atoms with Crippen molar-refractivity contribution < 1.29 is 18.7 Å². The van der Waals surface area contributed by atoms with E-state index in [2.05, 4.69) is 4.40 Å². The maximum atomic E-state index is 13.1. The summed E-state index contributed by atoms with van der Waals surface area (Å²) in [5.74, 6) is -0.573. The Morgan fingerprint density at radius 3 is 2.61 bits per heavy atom. The molecule has 0 N–H and O–H groups in total. The monoisotopic (exact) mass is 383 g/mol. The minimum atomic E-state index is -0.308. The van der Waals surface area contributed by atoms with Crippen LogP contribution in [0.2, 0.25) is 0 Å². The van der Waals surface area contributed by atoms with Crippen LogP contribution in [0, 0.1) is 12.7 Å². The van der Waals surface area contributed by atoms with Crippen molar-refractivity contribution in [3.63, 3.8) is 0 Å². The van der Waals surface area contributed by atoms with E-state index in [0.29, 0.717) is 18.8 Å². The topological polar surface area (TPSA) is 39.9 Å². The van der Waals surface area contributed by atoms with E-state index < -0.39 is 0 Å². The van der Waals surface area contributed by atoms with Crippen molar-refractivity contribution in [1.29, 1.82) is 0 Å². The standard InChI is InChI=1S/C23H26FNO3/c1-4-13-27-23(26)20-14-19-7-6-12-25(19)22(16(20)3)21(5-2)28-15-17-8-10-18(24)11-9-17/h6-12,14,21H,4-5,13,15H2,1-3H3. The highest BCUT2D eigenvalue weighted by molar-refractivity contribution is 5.92. The summed E-state index contributed by atoms with van der Waals surface area (Å²) < 4.78 is 26.7. The second kappa shape index (κ2) is 9.02. The molecular formula is C23H26FNO3. The van der Waals surface area contributed by atoms with Gasteiger partial charge in [0.2, 0.25) is 0 Å². The lowest BCUT2D eigenvalue weighted by Gasteiger charge is -2.22. The molecule has 2 heterocycles. The molecule has 0 amide bonds. The molecule has 4 nitrogen and oxygen atoms in total. The minimum absolute atomic E-state index is 0.209. The van der Waals surface area contributed by atoms with Crippen molar-refractivity contribution in [2.24, 2.45) is 0 Å². The molecule has 3 rings (SSSR count). The number of fused-ring (bicyclic) bond motifs is 1. The van der Waals surface area contributed by atoms with Gasteiger partial charge in [-0.1, -0.05) is 26.0 Å². The van der Waals surface area contributed by atoms with Gasteiger partial charge in [-0.2, -0.15) is 0 Å². The number of halogens is 1. The van der Waals surface area contributed by atoms with Crippen molar-refractivity contribution >= 4 is 11.5 Å². The number of aromatic nitrogens is 1. The van der Waals surface area contributed by atoms with Crippen LogP contribution in [-0.4, -0.2) is 17.0 Å². The molecule has 0 aliphatic heterocycles. The highest BCUT2D eigenvalue weighted by Gasteiger charge is 2.22. The second-order valence-corrected chi connectivity index (χ2v) is 6.84. The average Bonchev–Trinajstić information content (AvgIpc) is 3.17. The normalized spacial score (nSPS) is 12.3. The first kappa shape index (κ1) is 20.1. The lowest BCUT2D eigenvalue weighted by molar-refractivity contribution is 0.0328. The molecule has 0 aliphatic carbocycles. The maximum Gasteiger partial charge on any atom is 0.338 e.